The van der Waals surface area contributed by atoms with Crippen LogP contribution in [0.15, 0.2) is 24.3 Å². The zero-order valence-corrected chi connectivity index (χ0v) is 9.96. The smallest absolute Gasteiger partial charge is 0.0415 e. The molecule has 82 valence electrons. The van der Waals surface area contributed by atoms with Crippen molar-refractivity contribution in [1.82, 2.24) is 0 Å². The van der Waals surface area contributed by atoms with Crippen LogP contribution in [-0.2, 0) is 5.54 Å². The molecule has 2 N–H and O–H groups in total. The zero-order chi connectivity index (χ0) is 11.1. The van der Waals surface area contributed by atoms with Crippen molar-refractivity contribution < 1.29 is 0 Å². The molecule has 0 spiro atoms. The Morgan fingerprint density at radius 1 is 1.33 bits per heavy atom. The van der Waals surface area contributed by atoms with Crippen molar-refractivity contribution >= 4 is 0 Å². The van der Waals surface area contributed by atoms with Gasteiger partial charge in [0.15, 0.2) is 0 Å². The largest absolute Gasteiger partial charge is 0.321 e. The summed E-state index contributed by atoms with van der Waals surface area (Å²) >= 11 is 0. The van der Waals surface area contributed by atoms with Crippen LogP contribution < -0.4 is 5.73 Å². The molecule has 0 saturated heterocycles. The fraction of sp³-hybridized carbons (Fsp3) is 0.571. The fourth-order valence-corrected chi connectivity index (χ4v) is 2.54. The zero-order valence-electron chi connectivity index (χ0n) is 9.96. The first kappa shape index (κ1) is 10.7. The molecule has 1 fully saturated rings. The van der Waals surface area contributed by atoms with Crippen LogP contribution in [0.4, 0.5) is 0 Å². The van der Waals surface area contributed by atoms with Crippen molar-refractivity contribution in [2.24, 2.45) is 17.6 Å². The summed E-state index contributed by atoms with van der Waals surface area (Å²) in [5.74, 6) is 1.59. The van der Waals surface area contributed by atoms with Crippen LogP contribution in [0.25, 0.3) is 0 Å². The van der Waals surface area contributed by atoms with Crippen LogP contribution in [0.1, 0.15) is 37.8 Å². The maximum Gasteiger partial charge on any atom is 0.0415 e. The number of aryl methyl sites for hydroxylation is 1. The standard InChI is InChI=1S/C14H21N/c1-10(2)12-8-14(15,9-12)13-6-4-5-11(3)7-13/h4-7,10,12H,8-9,15H2,1-3H3. The van der Waals surface area contributed by atoms with E-state index in [1.165, 1.54) is 11.1 Å². The second-order valence-electron chi connectivity index (χ2n) is 5.44. The van der Waals surface area contributed by atoms with Gasteiger partial charge in [0.1, 0.15) is 0 Å². The van der Waals surface area contributed by atoms with Gasteiger partial charge in [-0.2, -0.15) is 0 Å². The number of nitrogens with two attached hydrogens (primary N) is 1. The van der Waals surface area contributed by atoms with E-state index in [1.54, 1.807) is 0 Å². The second kappa shape index (κ2) is 3.64. The van der Waals surface area contributed by atoms with E-state index in [0.717, 1.165) is 24.7 Å². The maximum absolute atomic E-state index is 6.42. The van der Waals surface area contributed by atoms with Gasteiger partial charge in [0.2, 0.25) is 0 Å². The molecule has 0 bridgehead atoms. The normalized spacial score (nSPS) is 30.3. The molecule has 0 radical (unpaired) electrons. The van der Waals surface area contributed by atoms with E-state index in [1.807, 2.05) is 0 Å². The number of rotatable bonds is 2. The van der Waals surface area contributed by atoms with Gasteiger partial charge in [0, 0.05) is 5.54 Å². The predicted octanol–water partition coefficient (Wildman–Crippen LogP) is 3.22. The third kappa shape index (κ3) is 1.93. The van der Waals surface area contributed by atoms with Crippen molar-refractivity contribution in [3.8, 4) is 0 Å². The van der Waals surface area contributed by atoms with Gasteiger partial charge >= 0.3 is 0 Å². The van der Waals surface area contributed by atoms with Gasteiger partial charge in [0.25, 0.3) is 0 Å². The summed E-state index contributed by atoms with van der Waals surface area (Å²) in [6.07, 6.45) is 2.29. The first-order valence-electron chi connectivity index (χ1n) is 5.87. The lowest BCUT2D eigenvalue weighted by Crippen LogP contribution is -2.50. The minimum atomic E-state index is -0.0407. The summed E-state index contributed by atoms with van der Waals surface area (Å²) in [5.41, 5.74) is 9.01. The van der Waals surface area contributed by atoms with E-state index >= 15 is 0 Å². The van der Waals surface area contributed by atoms with E-state index in [0.29, 0.717) is 0 Å². The van der Waals surface area contributed by atoms with Crippen LogP contribution in [0.5, 0.6) is 0 Å². The average Bonchev–Trinajstić information content (AvgIpc) is 2.12. The van der Waals surface area contributed by atoms with Gasteiger partial charge < -0.3 is 5.73 Å². The third-order valence-corrected chi connectivity index (χ3v) is 3.79. The molecule has 1 saturated carbocycles. The molecular weight excluding hydrogens is 182 g/mol. The Bertz CT molecular complexity index is 348. The van der Waals surface area contributed by atoms with Crippen molar-refractivity contribution in [3.63, 3.8) is 0 Å². The van der Waals surface area contributed by atoms with E-state index in [-0.39, 0.29) is 5.54 Å². The molecule has 1 nitrogen and oxygen atoms in total. The summed E-state index contributed by atoms with van der Waals surface area (Å²) in [6.45, 7) is 6.71. The fourth-order valence-electron chi connectivity index (χ4n) is 2.54. The van der Waals surface area contributed by atoms with Gasteiger partial charge in [0.05, 0.1) is 0 Å². The monoisotopic (exact) mass is 203 g/mol. The molecule has 2 rings (SSSR count). The molecule has 0 unspecified atom stereocenters. The molecule has 0 aliphatic heterocycles. The quantitative estimate of drug-likeness (QED) is 0.784. The number of benzene rings is 1. The Balaban J connectivity index is 2.13. The number of hydrogen-bond donors (Lipinski definition) is 1. The minimum absolute atomic E-state index is 0.0407. The first-order chi connectivity index (χ1) is 7.01. The molecule has 1 aliphatic carbocycles. The van der Waals surface area contributed by atoms with E-state index in [2.05, 4.69) is 45.0 Å². The van der Waals surface area contributed by atoms with Gasteiger partial charge in [-0.15, -0.1) is 0 Å². The summed E-state index contributed by atoms with van der Waals surface area (Å²) < 4.78 is 0. The van der Waals surface area contributed by atoms with Gasteiger partial charge in [-0.05, 0) is 37.2 Å². The highest BCUT2D eigenvalue weighted by Gasteiger charge is 2.43. The highest BCUT2D eigenvalue weighted by Crippen LogP contribution is 2.46. The second-order valence-corrected chi connectivity index (χ2v) is 5.44. The molecule has 1 aliphatic rings. The van der Waals surface area contributed by atoms with E-state index < -0.39 is 0 Å². The Labute approximate surface area is 92.7 Å². The van der Waals surface area contributed by atoms with Crippen LogP contribution in [-0.4, -0.2) is 0 Å². The SMILES string of the molecule is Cc1cccc(C2(N)CC(C(C)C)C2)c1. The molecule has 0 atom stereocenters. The molecular formula is C14H21N. The topological polar surface area (TPSA) is 26.0 Å². The van der Waals surface area contributed by atoms with Crippen LogP contribution in [0.3, 0.4) is 0 Å². The Morgan fingerprint density at radius 2 is 2.00 bits per heavy atom. The summed E-state index contributed by atoms with van der Waals surface area (Å²) in [7, 11) is 0. The summed E-state index contributed by atoms with van der Waals surface area (Å²) in [5, 5.41) is 0. The lowest BCUT2D eigenvalue weighted by atomic mass is 9.62. The molecule has 1 aromatic carbocycles. The van der Waals surface area contributed by atoms with Crippen LogP contribution in [0, 0.1) is 18.8 Å². The lowest BCUT2D eigenvalue weighted by Gasteiger charge is -2.47. The average molecular weight is 203 g/mol. The predicted molar refractivity (Wildman–Crippen MR) is 64.6 cm³/mol. The van der Waals surface area contributed by atoms with Crippen molar-refractivity contribution in [2.75, 3.05) is 0 Å². The highest BCUT2D eigenvalue weighted by molar-refractivity contribution is 5.31. The third-order valence-electron chi connectivity index (χ3n) is 3.79. The lowest BCUT2D eigenvalue weighted by molar-refractivity contribution is 0.105. The number of hydrogen-bond acceptors (Lipinski definition) is 1. The molecule has 15 heavy (non-hydrogen) atoms. The van der Waals surface area contributed by atoms with Gasteiger partial charge in [-0.25, -0.2) is 0 Å². The van der Waals surface area contributed by atoms with Crippen LogP contribution in [0.2, 0.25) is 0 Å². The Morgan fingerprint density at radius 3 is 2.53 bits per heavy atom. The summed E-state index contributed by atoms with van der Waals surface area (Å²) in [4.78, 5) is 0. The molecule has 0 heterocycles. The minimum Gasteiger partial charge on any atom is -0.321 e. The highest BCUT2D eigenvalue weighted by atomic mass is 14.8. The van der Waals surface area contributed by atoms with E-state index in [4.69, 9.17) is 5.73 Å². The maximum atomic E-state index is 6.42. The summed E-state index contributed by atoms with van der Waals surface area (Å²) in [6, 6.07) is 8.65. The molecule has 0 aromatic heterocycles. The molecule has 0 amide bonds. The van der Waals surface area contributed by atoms with E-state index in [9.17, 15) is 0 Å². The van der Waals surface area contributed by atoms with Crippen LogP contribution >= 0.6 is 0 Å². The first-order valence-corrected chi connectivity index (χ1v) is 5.87. The Hall–Kier alpha value is -0.820. The van der Waals surface area contributed by atoms with Gasteiger partial charge in [-0.1, -0.05) is 43.7 Å². The van der Waals surface area contributed by atoms with Crippen molar-refractivity contribution in [1.29, 1.82) is 0 Å². The van der Waals surface area contributed by atoms with Crippen molar-refractivity contribution in [3.05, 3.63) is 35.4 Å². The molecule has 1 heteroatoms. The van der Waals surface area contributed by atoms with Crippen molar-refractivity contribution in [2.45, 2.75) is 39.2 Å². The molecule has 1 aromatic rings. The Kier molecular flexibility index (Phi) is 2.59. The van der Waals surface area contributed by atoms with Gasteiger partial charge in [-0.3, -0.25) is 0 Å².